The number of hydrogen-bond donors (Lipinski definition) is 0. The van der Waals surface area contributed by atoms with Crippen LogP contribution in [0.4, 0.5) is 13.2 Å². The first-order valence-corrected chi connectivity index (χ1v) is 3.37. The summed E-state index contributed by atoms with van der Waals surface area (Å²) in [4.78, 5) is 3.28. The first-order valence-electron chi connectivity index (χ1n) is 2.49. The summed E-state index contributed by atoms with van der Waals surface area (Å²) in [6, 6.07) is 0. The fraction of sp³-hybridized carbons (Fsp3) is 0.400. The minimum Gasteiger partial charge on any atom is -0.237 e. The maximum Gasteiger partial charge on any atom is 0.434 e. The number of halogens is 3. The lowest BCUT2D eigenvalue weighted by Crippen LogP contribution is -2.04. The predicted octanol–water partition coefficient (Wildman–Crippen LogP) is 2.47. The van der Waals surface area contributed by atoms with Gasteiger partial charge in [0.25, 0.3) is 0 Å². The van der Waals surface area contributed by atoms with Crippen LogP contribution in [0.15, 0.2) is 5.38 Å². The highest BCUT2D eigenvalue weighted by atomic mass is 32.1. The summed E-state index contributed by atoms with van der Waals surface area (Å²) < 4.78 is 35.2. The summed E-state index contributed by atoms with van der Waals surface area (Å²) in [5.74, 6) is 0. The van der Waals surface area contributed by atoms with Crippen LogP contribution in [0.2, 0.25) is 0 Å². The number of rotatable bonds is 0. The molecule has 56 valence electrons. The number of hydrogen-bond acceptors (Lipinski definition) is 2. The van der Waals surface area contributed by atoms with Crippen molar-refractivity contribution in [2.45, 2.75) is 13.1 Å². The van der Waals surface area contributed by atoms with Gasteiger partial charge in [0, 0.05) is 5.38 Å². The topological polar surface area (TPSA) is 12.9 Å². The maximum absolute atomic E-state index is 11.7. The number of aryl methyl sites for hydroxylation is 1. The third-order valence-electron chi connectivity index (χ3n) is 0.909. The summed E-state index contributed by atoms with van der Waals surface area (Å²) in [6.45, 7) is 1.54. The molecule has 0 spiro atoms. The Balaban J connectivity index is 2.96. The van der Waals surface area contributed by atoms with Crippen LogP contribution in [0, 0.1) is 6.92 Å². The van der Waals surface area contributed by atoms with E-state index in [4.69, 9.17) is 0 Å². The zero-order valence-corrected chi connectivity index (χ0v) is 5.88. The van der Waals surface area contributed by atoms with Crippen molar-refractivity contribution in [3.63, 3.8) is 0 Å². The highest BCUT2D eigenvalue weighted by Gasteiger charge is 2.33. The lowest BCUT2D eigenvalue weighted by molar-refractivity contribution is -0.140. The van der Waals surface area contributed by atoms with E-state index >= 15 is 0 Å². The van der Waals surface area contributed by atoms with Crippen LogP contribution >= 0.6 is 11.3 Å². The van der Waals surface area contributed by atoms with Gasteiger partial charge in [-0.1, -0.05) is 0 Å². The van der Waals surface area contributed by atoms with Crippen LogP contribution in [-0.4, -0.2) is 4.98 Å². The molecule has 0 saturated heterocycles. The Morgan fingerprint density at radius 1 is 1.50 bits per heavy atom. The number of aromatic nitrogens is 1. The molecule has 0 fully saturated rings. The van der Waals surface area contributed by atoms with Crippen LogP contribution < -0.4 is 0 Å². The summed E-state index contributed by atoms with van der Waals surface area (Å²) in [5.41, 5.74) is -0.796. The molecule has 0 bridgehead atoms. The quantitative estimate of drug-likeness (QED) is 0.578. The minimum atomic E-state index is -4.29. The van der Waals surface area contributed by atoms with E-state index in [2.05, 4.69) is 4.98 Å². The molecule has 1 aromatic rings. The second kappa shape index (κ2) is 2.23. The molecule has 0 aromatic carbocycles. The molecule has 10 heavy (non-hydrogen) atoms. The fourth-order valence-electron chi connectivity index (χ4n) is 0.494. The fourth-order valence-corrected chi connectivity index (χ4v) is 1.11. The van der Waals surface area contributed by atoms with Gasteiger partial charge in [0.2, 0.25) is 0 Å². The van der Waals surface area contributed by atoms with Gasteiger partial charge in [0.05, 0.1) is 5.01 Å². The second-order valence-corrected chi connectivity index (χ2v) is 2.81. The average molecular weight is 167 g/mol. The van der Waals surface area contributed by atoms with E-state index in [1.54, 1.807) is 6.92 Å². The molecular weight excluding hydrogens is 163 g/mol. The van der Waals surface area contributed by atoms with Gasteiger partial charge in [-0.15, -0.1) is 11.3 Å². The molecule has 0 radical (unpaired) electrons. The van der Waals surface area contributed by atoms with Crippen molar-refractivity contribution >= 4 is 11.3 Å². The van der Waals surface area contributed by atoms with E-state index in [-0.39, 0.29) is 0 Å². The Kier molecular flexibility index (Phi) is 1.68. The van der Waals surface area contributed by atoms with Crippen molar-refractivity contribution in [1.29, 1.82) is 0 Å². The zero-order valence-electron chi connectivity index (χ0n) is 5.07. The molecule has 0 amide bonds. The Hall–Kier alpha value is -0.580. The second-order valence-electron chi connectivity index (χ2n) is 1.75. The van der Waals surface area contributed by atoms with Crippen molar-refractivity contribution in [3.05, 3.63) is 16.1 Å². The average Bonchev–Trinajstić information content (AvgIpc) is 2.11. The van der Waals surface area contributed by atoms with E-state index in [9.17, 15) is 13.2 Å². The molecule has 0 N–H and O–H groups in total. The standard InChI is InChI=1S/C5H4F3NS/c1-3-9-4(2-10-3)5(6,7)8/h2H,1H3. The minimum absolute atomic E-state index is 0.437. The summed E-state index contributed by atoms with van der Waals surface area (Å²) in [5, 5.41) is 1.45. The molecule has 0 saturated carbocycles. The van der Waals surface area contributed by atoms with Crippen molar-refractivity contribution in [1.82, 2.24) is 4.98 Å². The number of nitrogens with zero attached hydrogens (tertiary/aromatic N) is 1. The monoisotopic (exact) mass is 167 g/mol. The smallest absolute Gasteiger partial charge is 0.237 e. The van der Waals surface area contributed by atoms with Gasteiger partial charge < -0.3 is 0 Å². The molecule has 1 aromatic heterocycles. The number of thiazole rings is 1. The molecule has 0 atom stereocenters. The highest BCUT2D eigenvalue weighted by Crippen LogP contribution is 2.29. The highest BCUT2D eigenvalue weighted by molar-refractivity contribution is 7.09. The van der Waals surface area contributed by atoms with E-state index in [1.165, 1.54) is 0 Å². The van der Waals surface area contributed by atoms with Crippen molar-refractivity contribution < 1.29 is 13.2 Å². The Morgan fingerprint density at radius 3 is 2.30 bits per heavy atom. The van der Waals surface area contributed by atoms with E-state index in [0.29, 0.717) is 5.01 Å². The van der Waals surface area contributed by atoms with E-state index in [1.807, 2.05) is 0 Å². The summed E-state index contributed by atoms with van der Waals surface area (Å²) in [6.07, 6.45) is -4.29. The van der Waals surface area contributed by atoms with Crippen LogP contribution in [0.1, 0.15) is 10.7 Å². The van der Waals surface area contributed by atoms with Gasteiger partial charge in [-0.05, 0) is 6.92 Å². The van der Waals surface area contributed by atoms with Gasteiger partial charge in [-0.25, -0.2) is 4.98 Å². The Labute approximate surface area is 59.5 Å². The summed E-state index contributed by atoms with van der Waals surface area (Å²) in [7, 11) is 0. The predicted molar refractivity (Wildman–Crippen MR) is 31.9 cm³/mol. The van der Waals surface area contributed by atoms with Gasteiger partial charge in [-0.3, -0.25) is 0 Å². The molecule has 0 aliphatic carbocycles. The normalized spacial score (nSPS) is 12.0. The van der Waals surface area contributed by atoms with Gasteiger partial charge in [0.15, 0.2) is 5.69 Å². The zero-order chi connectivity index (χ0) is 7.78. The van der Waals surface area contributed by atoms with Crippen molar-refractivity contribution in [2.75, 3.05) is 0 Å². The molecule has 5 heteroatoms. The lowest BCUT2D eigenvalue weighted by atomic mass is 10.5. The third kappa shape index (κ3) is 1.47. The summed E-state index contributed by atoms with van der Waals surface area (Å²) >= 11 is 1.00. The van der Waals surface area contributed by atoms with Gasteiger partial charge in [-0.2, -0.15) is 13.2 Å². The van der Waals surface area contributed by atoms with Crippen molar-refractivity contribution in [3.8, 4) is 0 Å². The largest absolute Gasteiger partial charge is 0.434 e. The molecule has 1 rings (SSSR count). The molecule has 0 aliphatic heterocycles. The van der Waals surface area contributed by atoms with Crippen LogP contribution in [0.3, 0.4) is 0 Å². The maximum atomic E-state index is 11.7. The first kappa shape index (κ1) is 7.53. The van der Waals surface area contributed by atoms with Crippen LogP contribution in [-0.2, 0) is 6.18 Å². The molecule has 0 aliphatic rings. The van der Waals surface area contributed by atoms with Crippen LogP contribution in [0.25, 0.3) is 0 Å². The SMILES string of the molecule is Cc1nc(C(F)(F)F)cs1. The van der Waals surface area contributed by atoms with Gasteiger partial charge in [0.1, 0.15) is 0 Å². The Bertz CT molecular complexity index is 227. The third-order valence-corrected chi connectivity index (χ3v) is 1.68. The molecular formula is C5H4F3NS. The lowest BCUT2D eigenvalue weighted by Gasteiger charge is -1.98. The first-order chi connectivity index (χ1) is 4.50. The van der Waals surface area contributed by atoms with Gasteiger partial charge >= 0.3 is 6.18 Å². The molecule has 1 nitrogen and oxygen atoms in total. The van der Waals surface area contributed by atoms with Crippen molar-refractivity contribution in [2.24, 2.45) is 0 Å². The van der Waals surface area contributed by atoms with Crippen LogP contribution in [0.5, 0.6) is 0 Å². The number of alkyl halides is 3. The molecule has 0 unspecified atom stereocenters. The van der Waals surface area contributed by atoms with E-state index in [0.717, 1.165) is 16.7 Å². The molecule has 1 heterocycles. The van der Waals surface area contributed by atoms with E-state index < -0.39 is 11.9 Å². The Morgan fingerprint density at radius 2 is 2.10 bits per heavy atom.